The molecule has 0 radical (unpaired) electrons. The van der Waals surface area contributed by atoms with E-state index in [4.69, 9.17) is 14.7 Å². The number of carbonyl (C=O) groups is 1. The van der Waals surface area contributed by atoms with E-state index in [1.165, 1.54) is 12.1 Å². The zero-order valence-corrected chi connectivity index (χ0v) is 12.7. The first-order valence-electron chi connectivity index (χ1n) is 6.99. The standard InChI is InChI=1S/C15H18FN3O3/c1-15(2,3)19-14(20)22-11-6-10(7-11)21-12-5-4-9(8-17)18-13(12)16/h4-5,10-11H,6-7H2,1-3H3,(H,19,20). The number of hydrogen-bond donors (Lipinski definition) is 1. The van der Waals surface area contributed by atoms with E-state index in [9.17, 15) is 9.18 Å². The molecule has 1 amide bonds. The molecule has 1 saturated carbocycles. The van der Waals surface area contributed by atoms with Gasteiger partial charge in [-0.3, -0.25) is 0 Å². The first kappa shape index (κ1) is 16.0. The van der Waals surface area contributed by atoms with Crippen molar-refractivity contribution in [3.05, 3.63) is 23.8 Å². The zero-order chi connectivity index (χ0) is 16.3. The maximum Gasteiger partial charge on any atom is 0.407 e. The Bertz CT molecular complexity index is 601. The smallest absolute Gasteiger partial charge is 0.407 e. The molecule has 0 saturated heterocycles. The summed E-state index contributed by atoms with van der Waals surface area (Å²) >= 11 is 0. The largest absolute Gasteiger partial charge is 0.485 e. The second-order valence-electron chi connectivity index (χ2n) is 6.21. The van der Waals surface area contributed by atoms with Crippen LogP contribution in [0.15, 0.2) is 12.1 Å². The lowest BCUT2D eigenvalue weighted by molar-refractivity contribution is -0.0259. The first-order chi connectivity index (χ1) is 10.3. The Morgan fingerprint density at radius 3 is 2.64 bits per heavy atom. The van der Waals surface area contributed by atoms with Crippen molar-refractivity contribution in [2.75, 3.05) is 0 Å². The fourth-order valence-corrected chi connectivity index (χ4v) is 1.95. The van der Waals surface area contributed by atoms with Crippen molar-refractivity contribution >= 4 is 6.09 Å². The summed E-state index contributed by atoms with van der Waals surface area (Å²) in [7, 11) is 0. The fourth-order valence-electron chi connectivity index (χ4n) is 1.95. The third kappa shape index (κ3) is 4.32. The third-order valence-electron chi connectivity index (χ3n) is 3.03. The van der Waals surface area contributed by atoms with Gasteiger partial charge >= 0.3 is 6.09 Å². The summed E-state index contributed by atoms with van der Waals surface area (Å²) < 4.78 is 24.2. The molecule has 1 aliphatic rings. The number of amides is 1. The van der Waals surface area contributed by atoms with E-state index < -0.39 is 12.0 Å². The Hall–Kier alpha value is -2.36. The zero-order valence-electron chi connectivity index (χ0n) is 12.7. The number of aromatic nitrogens is 1. The minimum atomic E-state index is -0.811. The molecule has 1 aliphatic carbocycles. The van der Waals surface area contributed by atoms with Crippen LogP contribution in [0.4, 0.5) is 9.18 Å². The van der Waals surface area contributed by atoms with Crippen LogP contribution in [0, 0.1) is 17.3 Å². The molecule has 2 rings (SSSR count). The van der Waals surface area contributed by atoms with Crippen molar-refractivity contribution in [3.8, 4) is 11.8 Å². The minimum absolute atomic E-state index is 0.00137. The van der Waals surface area contributed by atoms with E-state index >= 15 is 0 Å². The molecule has 0 spiro atoms. The molecule has 1 aromatic rings. The van der Waals surface area contributed by atoms with Crippen molar-refractivity contribution in [2.24, 2.45) is 0 Å². The van der Waals surface area contributed by atoms with Crippen LogP contribution >= 0.6 is 0 Å². The van der Waals surface area contributed by atoms with Gasteiger partial charge in [-0.15, -0.1) is 0 Å². The number of carbonyl (C=O) groups excluding carboxylic acids is 1. The lowest BCUT2D eigenvalue weighted by atomic mass is 9.92. The Balaban J connectivity index is 1.78. The van der Waals surface area contributed by atoms with Gasteiger partial charge in [0.05, 0.1) is 0 Å². The van der Waals surface area contributed by atoms with Gasteiger partial charge in [-0.1, -0.05) is 0 Å². The highest BCUT2D eigenvalue weighted by molar-refractivity contribution is 5.68. The van der Waals surface area contributed by atoms with E-state index in [0.717, 1.165) is 0 Å². The number of pyridine rings is 1. The van der Waals surface area contributed by atoms with Gasteiger partial charge in [-0.2, -0.15) is 9.65 Å². The molecule has 1 N–H and O–H groups in total. The molecule has 7 heteroatoms. The lowest BCUT2D eigenvalue weighted by Crippen LogP contribution is -2.46. The number of rotatable bonds is 3. The molecular formula is C15H18FN3O3. The summed E-state index contributed by atoms with van der Waals surface area (Å²) in [5.74, 6) is -0.810. The molecule has 0 aliphatic heterocycles. The molecule has 6 nitrogen and oxygen atoms in total. The van der Waals surface area contributed by atoms with Gasteiger partial charge in [0, 0.05) is 18.4 Å². The van der Waals surface area contributed by atoms with Crippen LogP contribution < -0.4 is 10.1 Å². The summed E-state index contributed by atoms with van der Waals surface area (Å²) in [6, 6.07) is 4.52. The predicted molar refractivity (Wildman–Crippen MR) is 75.7 cm³/mol. The van der Waals surface area contributed by atoms with Crippen LogP contribution in [0.1, 0.15) is 39.3 Å². The second kappa shape index (κ2) is 6.18. The van der Waals surface area contributed by atoms with Crippen LogP contribution in [0.25, 0.3) is 0 Å². The predicted octanol–water partition coefficient (Wildman–Crippen LogP) is 2.53. The Morgan fingerprint density at radius 1 is 1.41 bits per heavy atom. The van der Waals surface area contributed by atoms with Crippen LogP contribution in [0.5, 0.6) is 5.75 Å². The summed E-state index contributed by atoms with van der Waals surface area (Å²) in [5, 5.41) is 11.3. The van der Waals surface area contributed by atoms with E-state index in [-0.39, 0.29) is 29.2 Å². The van der Waals surface area contributed by atoms with Crippen LogP contribution in [-0.2, 0) is 4.74 Å². The number of nitrogens with zero attached hydrogens (tertiary/aromatic N) is 2. The van der Waals surface area contributed by atoms with Gasteiger partial charge in [-0.25, -0.2) is 9.78 Å². The molecule has 0 atom stereocenters. The Kier molecular flexibility index (Phi) is 4.50. The van der Waals surface area contributed by atoms with Gasteiger partial charge in [0.2, 0.25) is 0 Å². The molecule has 0 unspecified atom stereocenters. The SMILES string of the molecule is CC(C)(C)NC(=O)OC1CC(Oc2ccc(C#N)nc2F)C1. The van der Waals surface area contributed by atoms with Gasteiger partial charge in [-0.05, 0) is 32.9 Å². The average Bonchev–Trinajstić information content (AvgIpc) is 2.35. The molecule has 0 bridgehead atoms. The van der Waals surface area contributed by atoms with E-state index in [2.05, 4.69) is 10.3 Å². The number of nitriles is 1. The number of nitrogens with one attached hydrogen (secondary N) is 1. The van der Waals surface area contributed by atoms with Gasteiger partial charge < -0.3 is 14.8 Å². The maximum atomic E-state index is 13.6. The van der Waals surface area contributed by atoms with Gasteiger partial charge in [0.1, 0.15) is 24.0 Å². The van der Waals surface area contributed by atoms with Crippen molar-refractivity contribution in [1.29, 1.82) is 5.26 Å². The van der Waals surface area contributed by atoms with E-state index in [1.807, 2.05) is 20.8 Å². The minimum Gasteiger partial charge on any atom is -0.485 e. The third-order valence-corrected chi connectivity index (χ3v) is 3.03. The van der Waals surface area contributed by atoms with Crippen LogP contribution in [0.3, 0.4) is 0 Å². The monoisotopic (exact) mass is 307 g/mol. The summed E-state index contributed by atoms with van der Waals surface area (Å²) in [6.07, 6.45) is 0.0641. The number of alkyl carbamates (subject to hydrolysis) is 1. The maximum absolute atomic E-state index is 13.6. The molecule has 0 aromatic carbocycles. The van der Waals surface area contributed by atoms with Crippen LogP contribution in [0.2, 0.25) is 0 Å². The Morgan fingerprint density at radius 2 is 2.09 bits per heavy atom. The van der Waals surface area contributed by atoms with Crippen molar-refractivity contribution in [2.45, 2.75) is 51.4 Å². The topological polar surface area (TPSA) is 84.2 Å². The summed E-state index contributed by atoms with van der Waals surface area (Å²) in [6.45, 7) is 5.59. The highest BCUT2D eigenvalue weighted by Gasteiger charge is 2.35. The normalized spacial score (nSPS) is 20.5. The second-order valence-corrected chi connectivity index (χ2v) is 6.21. The summed E-state index contributed by atoms with van der Waals surface area (Å²) in [4.78, 5) is 15.0. The van der Waals surface area contributed by atoms with Crippen molar-refractivity contribution in [3.63, 3.8) is 0 Å². The highest BCUT2D eigenvalue weighted by Crippen LogP contribution is 2.29. The van der Waals surface area contributed by atoms with Crippen LogP contribution in [-0.4, -0.2) is 28.8 Å². The summed E-state index contributed by atoms with van der Waals surface area (Å²) in [5.41, 5.74) is -0.355. The van der Waals surface area contributed by atoms with Gasteiger partial charge in [0.15, 0.2) is 5.75 Å². The number of ether oxygens (including phenoxy) is 2. The lowest BCUT2D eigenvalue weighted by Gasteiger charge is -2.35. The molecule has 1 aromatic heterocycles. The molecular weight excluding hydrogens is 289 g/mol. The fraction of sp³-hybridized carbons (Fsp3) is 0.533. The molecule has 118 valence electrons. The molecule has 1 fully saturated rings. The first-order valence-corrected chi connectivity index (χ1v) is 6.99. The highest BCUT2D eigenvalue weighted by atomic mass is 19.1. The molecule has 1 heterocycles. The van der Waals surface area contributed by atoms with Crippen molar-refractivity contribution < 1.29 is 18.7 Å². The van der Waals surface area contributed by atoms with E-state index in [0.29, 0.717) is 12.8 Å². The van der Waals surface area contributed by atoms with Crippen molar-refractivity contribution in [1.82, 2.24) is 10.3 Å². The molecule has 22 heavy (non-hydrogen) atoms. The van der Waals surface area contributed by atoms with Gasteiger partial charge in [0.25, 0.3) is 5.95 Å². The Labute approximate surface area is 128 Å². The quantitative estimate of drug-likeness (QED) is 0.867. The average molecular weight is 307 g/mol. The number of hydrogen-bond acceptors (Lipinski definition) is 5. The van der Waals surface area contributed by atoms with E-state index in [1.54, 1.807) is 6.07 Å². The number of halogens is 1.